The highest BCUT2D eigenvalue weighted by molar-refractivity contribution is 6.41. The number of nitrogens with zero attached hydrogens (tertiary/aromatic N) is 5. The number of aromatic nitrogens is 2. The van der Waals surface area contributed by atoms with Crippen molar-refractivity contribution >= 4 is 57.0 Å². The van der Waals surface area contributed by atoms with Gasteiger partial charge < -0.3 is 33.9 Å². The van der Waals surface area contributed by atoms with Crippen LogP contribution in [0.15, 0.2) is 47.4 Å². The molecule has 0 radical (unpaired) electrons. The summed E-state index contributed by atoms with van der Waals surface area (Å²) < 4.78 is 18.0. The van der Waals surface area contributed by atoms with Crippen LogP contribution in [0.3, 0.4) is 0 Å². The van der Waals surface area contributed by atoms with E-state index in [4.69, 9.17) is 37.4 Å². The van der Waals surface area contributed by atoms with Crippen molar-refractivity contribution in [3.8, 4) is 22.6 Å². The van der Waals surface area contributed by atoms with E-state index >= 15 is 0 Å². The summed E-state index contributed by atoms with van der Waals surface area (Å²) in [5.41, 5.74) is 1.85. The Balaban J connectivity index is 1.64. The molecule has 4 aromatic rings. The molecule has 0 unspecified atom stereocenters. The number of anilines is 3. The van der Waals surface area contributed by atoms with Crippen LogP contribution in [0.5, 0.6) is 11.5 Å². The van der Waals surface area contributed by atoms with Crippen molar-refractivity contribution in [2.45, 2.75) is 13.0 Å². The van der Waals surface area contributed by atoms with Gasteiger partial charge in [-0.3, -0.25) is 14.9 Å². The first-order valence-electron chi connectivity index (χ1n) is 14.3. The number of pyridine rings is 2. The molecule has 1 aliphatic heterocycles. The lowest BCUT2D eigenvalue weighted by Gasteiger charge is -2.29. The summed E-state index contributed by atoms with van der Waals surface area (Å²) in [6.45, 7) is 3.65. The highest BCUT2D eigenvalue weighted by Gasteiger charge is 2.24. The van der Waals surface area contributed by atoms with Crippen LogP contribution in [0.1, 0.15) is 6.42 Å². The van der Waals surface area contributed by atoms with Gasteiger partial charge in [-0.1, -0.05) is 23.2 Å². The highest BCUT2D eigenvalue weighted by Crippen LogP contribution is 2.45. The number of ether oxygens (including phenoxy) is 3. The normalized spacial score (nSPS) is 13.4. The second-order valence-corrected chi connectivity index (χ2v) is 11.5. The van der Waals surface area contributed by atoms with E-state index in [-0.39, 0.29) is 32.5 Å². The van der Waals surface area contributed by atoms with Crippen molar-refractivity contribution in [2.75, 3.05) is 71.4 Å². The zero-order valence-electron chi connectivity index (χ0n) is 25.4. The van der Waals surface area contributed by atoms with E-state index in [1.54, 1.807) is 41.1 Å². The first kappa shape index (κ1) is 32.3. The molecule has 14 heteroatoms. The molecule has 12 nitrogen and oxygen atoms in total. The van der Waals surface area contributed by atoms with E-state index in [1.807, 2.05) is 19.0 Å². The summed E-state index contributed by atoms with van der Waals surface area (Å²) in [6, 6.07) is 9.92. The summed E-state index contributed by atoms with van der Waals surface area (Å²) in [4.78, 5) is 34.4. The molecule has 0 amide bonds. The zero-order valence-corrected chi connectivity index (χ0v) is 26.9. The number of methoxy groups -OCH3 is 2. The molecular formula is C31H34Cl2N6O6. The average Bonchev–Trinajstić information content (AvgIpc) is 3.03. The summed E-state index contributed by atoms with van der Waals surface area (Å²) in [5, 5.41) is 16.1. The molecule has 2 aromatic carbocycles. The van der Waals surface area contributed by atoms with Crippen LogP contribution < -0.4 is 25.2 Å². The maximum absolute atomic E-state index is 14.2. The third-order valence-electron chi connectivity index (χ3n) is 7.62. The van der Waals surface area contributed by atoms with Gasteiger partial charge in [0.05, 0.1) is 53.5 Å². The minimum atomic E-state index is -0.439. The molecule has 0 bridgehead atoms. The van der Waals surface area contributed by atoms with Gasteiger partial charge in [0.25, 0.3) is 11.2 Å². The number of hydrogen-bond donors (Lipinski definition) is 1. The molecule has 1 aliphatic rings. The Morgan fingerprint density at radius 3 is 2.38 bits per heavy atom. The summed E-state index contributed by atoms with van der Waals surface area (Å²) in [6.07, 6.45) is 2.28. The number of halogens is 2. The molecule has 5 rings (SSSR count). The van der Waals surface area contributed by atoms with Gasteiger partial charge in [-0.2, -0.15) is 0 Å². The standard InChI is InChI=1S/C31H34Cl2N6O6/c1-36(2)8-5-9-38-24-16-27(35-22-15-20(6-7-23(22)39(41)42)37-10-12-45-13-11-37)34-18-19(24)14-21(31(38)40)28-29(32)25(43-3)17-26(44-4)30(28)33/h6-7,14-18H,5,8-13H2,1-4H3,(H,34,35). The van der Waals surface area contributed by atoms with Crippen LogP contribution in [-0.2, 0) is 11.3 Å². The number of nitrogens with one attached hydrogen (secondary N) is 1. The van der Waals surface area contributed by atoms with E-state index in [0.717, 1.165) is 12.2 Å². The Labute approximate surface area is 270 Å². The third-order valence-corrected chi connectivity index (χ3v) is 8.37. The fourth-order valence-electron chi connectivity index (χ4n) is 5.35. The molecule has 0 aliphatic carbocycles. The lowest BCUT2D eigenvalue weighted by atomic mass is 10.0. The lowest BCUT2D eigenvalue weighted by Crippen LogP contribution is -2.36. The fraction of sp³-hybridized carbons (Fsp3) is 0.355. The Kier molecular flexibility index (Phi) is 9.98. The highest BCUT2D eigenvalue weighted by atomic mass is 35.5. The zero-order chi connectivity index (χ0) is 32.2. The molecular weight excluding hydrogens is 623 g/mol. The van der Waals surface area contributed by atoms with Crippen LogP contribution in [0.4, 0.5) is 22.9 Å². The number of benzene rings is 2. The van der Waals surface area contributed by atoms with Crippen molar-refractivity contribution in [3.63, 3.8) is 0 Å². The molecule has 2 aromatic heterocycles. The molecule has 1 fully saturated rings. The van der Waals surface area contributed by atoms with Crippen LogP contribution >= 0.6 is 23.2 Å². The SMILES string of the molecule is COc1cc(OC)c(Cl)c(-c2cc3cnc(Nc4cc(N5CCOCC5)ccc4[N+](=O)[O-])cc3n(CCCN(C)C)c2=O)c1Cl. The predicted octanol–water partition coefficient (Wildman–Crippen LogP) is 5.83. The van der Waals surface area contributed by atoms with Crippen LogP contribution in [0.2, 0.25) is 10.0 Å². The van der Waals surface area contributed by atoms with Gasteiger partial charge in [-0.05, 0) is 45.3 Å². The Morgan fingerprint density at radius 1 is 1.07 bits per heavy atom. The number of fused-ring (bicyclic) bond motifs is 1. The van der Waals surface area contributed by atoms with Crippen molar-refractivity contribution in [2.24, 2.45) is 0 Å². The second kappa shape index (κ2) is 13.9. The number of aryl methyl sites for hydroxylation is 1. The molecule has 1 N–H and O–H groups in total. The monoisotopic (exact) mass is 656 g/mol. The van der Waals surface area contributed by atoms with Gasteiger partial charge in [-0.25, -0.2) is 4.98 Å². The maximum Gasteiger partial charge on any atom is 0.292 e. The van der Waals surface area contributed by atoms with Gasteiger partial charge in [0, 0.05) is 60.7 Å². The topological polar surface area (TPSA) is 124 Å². The van der Waals surface area contributed by atoms with E-state index in [2.05, 4.69) is 15.2 Å². The van der Waals surface area contributed by atoms with E-state index < -0.39 is 4.92 Å². The molecule has 0 atom stereocenters. The number of morpholine rings is 1. The fourth-order valence-corrected chi connectivity index (χ4v) is 6.05. The predicted molar refractivity (Wildman–Crippen MR) is 177 cm³/mol. The summed E-state index contributed by atoms with van der Waals surface area (Å²) >= 11 is 13.4. The number of rotatable bonds is 11. The maximum atomic E-state index is 14.2. The quantitative estimate of drug-likeness (QED) is 0.156. The molecule has 0 spiro atoms. The number of nitro benzene ring substituents is 1. The van der Waals surface area contributed by atoms with Crippen molar-refractivity contribution in [1.82, 2.24) is 14.5 Å². The van der Waals surface area contributed by atoms with E-state index in [1.165, 1.54) is 20.3 Å². The van der Waals surface area contributed by atoms with Crippen LogP contribution in [0, 0.1) is 10.1 Å². The van der Waals surface area contributed by atoms with Gasteiger partial charge in [-0.15, -0.1) is 0 Å². The van der Waals surface area contributed by atoms with Crippen molar-refractivity contribution < 1.29 is 19.1 Å². The summed E-state index contributed by atoms with van der Waals surface area (Å²) in [5.74, 6) is 0.965. The van der Waals surface area contributed by atoms with Crippen LogP contribution in [-0.4, -0.2) is 80.5 Å². The number of hydrogen-bond acceptors (Lipinski definition) is 10. The first-order chi connectivity index (χ1) is 21.6. The molecule has 1 saturated heterocycles. The molecule has 3 heterocycles. The minimum Gasteiger partial charge on any atom is -0.495 e. The minimum absolute atomic E-state index is 0.0936. The van der Waals surface area contributed by atoms with Crippen LogP contribution in [0.25, 0.3) is 22.0 Å². The largest absolute Gasteiger partial charge is 0.495 e. The summed E-state index contributed by atoms with van der Waals surface area (Å²) in [7, 11) is 6.86. The lowest BCUT2D eigenvalue weighted by molar-refractivity contribution is -0.383. The molecule has 238 valence electrons. The average molecular weight is 658 g/mol. The van der Waals surface area contributed by atoms with Gasteiger partial charge >= 0.3 is 0 Å². The first-order valence-corrected chi connectivity index (χ1v) is 15.0. The molecule has 45 heavy (non-hydrogen) atoms. The Morgan fingerprint density at radius 2 is 1.76 bits per heavy atom. The number of nitro groups is 1. The van der Waals surface area contributed by atoms with E-state index in [0.29, 0.717) is 73.1 Å². The molecule has 0 saturated carbocycles. The Bertz CT molecular complexity index is 1760. The second-order valence-electron chi connectivity index (χ2n) is 10.8. The third kappa shape index (κ3) is 6.79. The van der Waals surface area contributed by atoms with Gasteiger partial charge in [0.2, 0.25) is 0 Å². The van der Waals surface area contributed by atoms with Gasteiger partial charge in [0.1, 0.15) is 23.0 Å². The smallest absolute Gasteiger partial charge is 0.292 e. The van der Waals surface area contributed by atoms with Crippen molar-refractivity contribution in [1.29, 1.82) is 0 Å². The van der Waals surface area contributed by atoms with Gasteiger partial charge in [0.15, 0.2) is 0 Å². The van der Waals surface area contributed by atoms with E-state index in [9.17, 15) is 14.9 Å². The van der Waals surface area contributed by atoms with Crippen molar-refractivity contribution in [3.05, 3.63) is 73.1 Å². The Hall–Kier alpha value is -4.10.